The van der Waals surface area contributed by atoms with Gasteiger partial charge in [-0.3, -0.25) is 0 Å². The molecule has 2 heterocycles. The summed E-state index contributed by atoms with van der Waals surface area (Å²) in [7, 11) is 2.26. The number of likely N-dealkylation sites (tertiary alicyclic amines) is 1. The Hall–Kier alpha value is -1.52. The van der Waals surface area contributed by atoms with Crippen LogP contribution in [0.25, 0.3) is 0 Å². The number of hydrogen-bond acceptors (Lipinski definition) is 3. The second-order valence-corrected chi connectivity index (χ2v) is 7.02. The number of nitrogens with one attached hydrogen (secondary N) is 1. The fraction of sp³-hybridized carbons (Fsp3) is 0.529. The lowest BCUT2D eigenvalue weighted by molar-refractivity contribution is -0.906. The predicted molar refractivity (Wildman–Crippen MR) is 76.8 cm³/mol. The minimum atomic E-state index is -0.481. The molecule has 0 radical (unpaired) electrons. The number of aliphatic hydroxyl groups is 1. The molecule has 4 nitrogen and oxygen atoms in total. The second-order valence-electron chi connectivity index (χ2n) is 7.02. The Balaban J connectivity index is 1.86. The second kappa shape index (κ2) is 3.62. The van der Waals surface area contributed by atoms with Gasteiger partial charge in [-0.05, 0) is 23.6 Å². The van der Waals surface area contributed by atoms with Crippen LogP contribution in [-0.4, -0.2) is 42.1 Å². The molecule has 1 unspecified atom stereocenters. The first-order valence-corrected chi connectivity index (χ1v) is 7.86. The topological polar surface area (TPSA) is 54.1 Å². The summed E-state index contributed by atoms with van der Waals surface area (Å²) >= 11 is 0. The third kappa shape index (κ3) is 1.21. The summed E-state index contributed by atoms with van der Waals surface area (Å²) in [5, 5.41) is 20.7. The molecule has 4 aliphatic rings. The maximum absolute atomic E-state index is 10.5. The first-order chi connectivity index (χ1) is 10.1. The smallest absolute Gasteiger partial charge is 0.166 e. The maximum atomic E-state index is 10.5. The van der Waals surface area contributed by atoms with Gasteiger partial charge in [-0.25, -0.2) is 0 Å². The molecule has 4 heteroatoms. The van der Waals surface area contributed by atoms with Gasteiger partial charge in [-0.2, -0.15) is 0 Å². The zero-order valence-corrected chi connectivity index (χ0v) is 12.1. The normalized spacial score (nSPS) is 42.1. The number of rotatable bonds is 0. The van der Waals surface area contributed by atoms with Gasteiger partial charge in [0.05, 0.1) is 25.1 Å². The molecule has 3 N–H and O–H groups in total. The molecule has 2 aliphatic heterocycles. The van der Waals surface area contributed by atoms with Crippen molar-refractivity contribution < 1.29 is 19.8 Å². The number of phenols is 1. The summed E-state index contributed by atoms with van der Waals surface area (Å²) in [6.45, 7) is 1.09. The number of piperidine rings is 1. The molecule has 1 saturated heterocycles. The highest BCUT2D eigenvalue weighted by atomic mass is 16.5. The van der Waals surface area contributed by atoms with E-state index in [-0.39, 0.29) is 17.3 Å². The van der Waals surface area contributed by atoms with Crippen molar-refractivity contribution in [3.05, 3.63) is 34.9 Å². The van der Waals surface area contributed by atoms with Gasteiger partial charge in [0.15, 0.2) is 11.5 Å². The third-order valence-electron chi connectivity index (χ3n) is 6.15. The van der Waals surface area contributed by atoms with Crippen LogP contribution < -0.4 is 9.64 Å². The van der Waals surface area contributed by atoms with E-state index in [2.05, 4.69) is 13.1 Å². The standard InChI is InChI=1S/C17H19NO3/c1-18-7-6-17-10-3-5-13(20)16(17)21-15-12(19)4-2-9(14(15)17)8-11(10)18/h2-4,11,13,16,19-20H,5-8H2,1H3/p+1/t11-,13+,16+,17+/m1/s1. The average Bonchev–Trinajstić information content (AvgIpc) is 2.83. The Labute approximate surface area is 123 Å². The highest BCUT2D eigenvalue weighted by molar-refractivity contribution is 5.65. The highest BCUT2D eigenvalue weighted by Gasteiger charge is 2.64. The maximum Gasteiger partial charge on any atom is 0.166 e. The van der Waals surface area contributed by atoms with Gasteiger partial charge in [-0.15, -0.1) is 0 Å². The van der Waals surface area contributed by atoms with Crippen molar-refractivity contribution in [2.24, 2.45) is 0 Å². The molecular weight excluding hydrogens is 266 g/mol. The molecule has 2 bridgehead atoms. The average molecular weight is 286 g/mol. The summed E-state index contributed by atoms with van der Waals surface area (Å²) in [5.41, 5.74) is 3.71. The summed E-state index contributed by atoms with van der Waals surface area (Å²) < 4.78 is 6.11. The third-order valence-corrected chi connectivity index (χ3v) is 6.15. The molecule has 5 atom stereocenters. The Morgan fingerprint density at radius 1 is 1.38 bits per heavy atom. The molecule has 2 aliphatic carbocycles. The minimum Gasteiger partial charge on any atom is -0.504 e. The van der Waals surface area contributed by atoms with Gasteiger partial charge in [0.2, 0.25) is 0 Å². The van der Waals surface area contributed by atoms with E-state index in [1.54, 1.807) is 11.0 Å². The minimum absolute atomic E-state index is 0.191. The molecule has 21 heavy (non-hydrogen) atoms. The van der Waals surface area contributed by atoms with Crippen molar-refractivity contribution in [2.75, 3.05) is 13.6 Å². The Morgan fingerprint density at radius 3 is 3.10 bits per heavy atom. The molecular formula is C17H20NO3+. The van der Waals surface area contributed by atoms with E-state index in [1.807, 2.05) is 6.07 Å². The van der Waals surface area contributed by atoms with Gasteiger partial charge < -0.3 is 19.8 Å². The van der Waals surface area contributed by atoms with Crippen molar-refractivity contribution in [2.45, 2.75) is 42.9 Å². The lowest BCUT2D eigenvalue weighted by atomic mass is 9.56. The lowest BCUT2D eigenvalue weighted by Crippen LogP contribution is -3.15. The number of benzene rings is 1. The number of ether oxygens (including phenoxy) is 1. The first-order valence-electron chi connectivity index (χ1n) is 7.86. The van der Waals surface area contributed by atoms with Crippen LogP contribution in [0.15, 0.2) is 23.8 Å². The molecule has 1 spiro atoms. The monoisotopic (exact) mass is 286 g/mol. The molecule has 0 aromatic heterocycles. The Bertz CT molecular complexity index is 683. The molecule has 1 aromatic rings. The fourth-order valence-corrected chi connectivity index (χ4v) is 5.23. The fourth-order valence-electron chi connectivity index (χ4n) is 5.23. The van der Waals surface area contributed by atoms with E-state index in [9.17, 15) is 10.2 Å². The van der Waals surface area contributed by atoms with Gasteiger partial charge in [0, 0.05) is 18.4 Å². The molecule has 0 saturated carbocycles. The number of hydrogen-bond donors (Lipinski definition) is 3. The predicted octanol–water partition coefficient (Wildman–Crippen LogP) is -0.0749. The number of quaternary nitrogens is 1. The van der Waals surface area contributed by atoms with E-state index in [4.69, 9.17) is 4.74 Å². The van der Waals surface area contributed by atoms with Crippen molar-refractivity contribution >= 4 is 0 Å². The SMILES string of the molecule is C[NH+]1CC[C@@]23C4=CC[C@H](O)[C@@H]2Oc2c(O)ccc(c23)C[C@H]41. The van der Waals surface area contributed by atoms with Gasteiger partial charge >= 0.3 is 0 Å². The van der Waals surface area contributed by atoms with E-state index >= 15 is 0 Å². The molecule has 110 valence electrons. The number of aromatic hydroxyl groups is 1. The van der Waals surface area contributed by atoms with Crippen molar-refractivity contribution in [3.63, 3.8) is 0 Å². The largest absolute Gasteiger partial charge is 0.504 e. The zero-order chi connectivity index (χ0) is 14.4. The van der Waals surface area contributed by atoms with Crippen LogP contribution in [0.3, 0.4) is 0 Å². The Kier molecular flexibility index (Phi) is 2.08. The number of likely N-dealkylation sites (N-methyl/N-ethyl adjacent to an activating group) is 1. The van der Waals surface area contributed by atoms with Crippen LogP contribution >= 0.6 is 0 Å². The van der Waals surface area contributed by atoms with Crippen LogP contribution in [0.1, 0.15) is 24.0 Å². The van der Waals surface area contributed by atoms with Gasteiger partial charge in [-0.1, -0.05) is 12.1 Å². The van der Waals surface area contributed by atoms with E-state index < -0.39 is 6.10 Å². The summed E-state index contributed by atoms with van der Waals surface area (Å²) in [6.07, 6.45) is 4.21. The number of phenolic OH excluding ortho intramolecular Hbond substituents is 1. The molecule has 1 aromatic carbocycles. The van der Waals surface area contributed by atoms with E-state index in [0.717, 1.165) is 19.4 Å². The van der Waals surface area contributed by atoms with E-state index in [1.165, 1.54) is 16.7 Å². The Morgan fingerprint density at radius 2 is 2.24 bits per heavy atom. The van der Waals surface area contributed by atoms with Crippen LogP contribution in [0.5, 0.6) is 11.5 Å². The lowest BCUT2D eigenvalue weighted by Gasteiger charge is -2.51. The number of aliphatic hydroxyl groups excluding tert-OH is 1. The highest BCUT2D eigenvalue weighted by Crippen LogP contribution is 2.60. The van der Waals surface area contributed by atoms with E-state index in [0.29, 0.717) is 18.2 Å². The van der Waals surface area contributed by atoms with Crippen LogP contribution in [-0.2, 0) is 11.8 Å². The van der Waals surface area contributed by atoms with Crippen molar-refractivity contribution in [1.29, 1.82) is 0 Å². The van der Waals surface area contributed by atoms with Crippen LogP contribution in [0.4, 0.5) is 0 Å². The van der Waals surface area contributed by atoms with Crippen molar-refractivity contribution in [1.82, 2.24) is 0 Å². The molecule has 5 rings (SSSR count). The zero-order valence-electron chi connectivity index (χ0n) is 12.1. The molecule has 1 fully saturated rings. The van der Waals surface area contributed by atoms with Crippen LogP contribution in [0.2, 0.25) is 0 Å². The van der Waals surface area contributed by atoms with Crippen LogP contribution in [0, 0.1) is 0 Å². The van der Waals surface area contributed by atoms with Gasteiger partial charge in [0.25, 0.3) is 0 Å². The van der Waals surface area contributed by atoms with Crippen molar-refractivity contribution in [3.8, 4) is 11.5 Å². The molecule has 0 amide bonds. The van der Waals surface area contributed by atoms with Gasteiger partial charge in [0.1, 0.15) is 12.1 Å². The quantitative estimate of drug-likeness (QED) is 0.585. The summed E-state index contributed by atoms with van der Waals surface area (Å²) in [4.78, 5) is 1.55. The summed E-state index contributed by atoms with van der Waals surface area (Å²) in [5.74, 6) is 0.844. The summed E-state index contributed by atoms with van der Waals surface area (Å²) in [6, 6.07) is 4.28. The first kappa shape index (κ1) is 12.1.